The number of allylic oxidation sites excluding steroid dienone is 8. The molecule has 0 bridgehead atoms. The van der Waals surface area contributed by atoms with Gasteiger partial charge in [0.2, 0.25) is 0 Å². The van der Waals surface area contributed by atoms with E-state index in [1.165, 1.54) is 77.0 Å². The van der Waals surface area contributed by atoms with Crippen LogP contribution in [-0.2, 0) is 32.9 Å². The number of unbranched alkanes of at least 4 members (excludes halogenated alkanes) is 16. The van der Waals surface area contributed by atoms with E-state index in [0.29, 0.717) is 19.3 Å². The molecule has 0 spiro atoms. The summed E-state index contributed by atoms with van der Waals surface area (Å²) < 4.78 is 32.1. The van der Waals surface area contributed by atoms with Crippen molar-refractivity contribution in [3.63, 3.8) is 0 Å². The molecule has 0 aromatic carbocycles. The van der Waals surface area contributed by atoms with Crippen molar-refractivity contribution in [2.75, 3.05) is 13.2 Å². The van der Waals surface area contributed by atoms with Crippen LogP contribution in [0.4, 0.5) is 0 Å². The van der Waals surface area contributed by atoms with Gasteiger partial charge < -0.3 is 24.0 Å². The van der Waals surface area contributed by atoms with Gasteiger partial charge in [-0.2, -0.15) is 0 Å². The van der Waals surface area contributed by atoms with Gasteiger partial charge in [-0.1, -0.05) is 145 Å². The van der Waals surface area contributed by atoms with Crippen LogP contribution in [0.25, 0.3) is 0 Å². The van der Waals surface area contributed by atoms with E-state index in [4.69, 9.17) is 24.0 Å². The van der Waals surface area contributed by atoms with Gasteiger partial charge in [-0.25, -0.2) is 4.57 Å². The number of phosphoric acid groups is 1. The molecule has 0 amide bonds. The van der Waals surface area contributed by atoms with Gasteiger partial charge in [-0.15, -0.1) is 0 Å². The molecule has 55 heavy (non-hydrogen) atoms. The number of ether oxygens (including phenoxy) is 3. The normalized spacial score (nSPS) is 16.7. The maximum Gasteiger partial charge on any atom is 0.469 e. The Morgan fingerprint density at radius 3 is 1.55 bits per heavy atom. The zero-order valence-electron chi connectivity index (χ0n) is 34.5. The van der Waals surface area contributed by atoms with E-state index in [0.717, 1.165) is 57.8 Å². The van der Waals surface area contributed by atoms with E-state index in [1.807, 2.05) is 6.08 Å². The molecule has 0 saturated carbocycles. The van der Waals surface area contributed by atoms with E-state index in [9.17, 15) is 14.2 Å². The van der Waals surface area contributed by atoms with Gasteiger partial charge in [0.05, 0.1) is 18.8 Å². The van der Waals surface area contributed by atoms with Crippen LogP contribution in [0.5, 0.6) is 0 Å². The van der Waals surface area contributed by atoms with Crippen LogP contribution < -0.4 is 0 Å². The number of epoxide rings is 1. The second kappa shape index (κ2) is 36.1. The number of hydrogen-bond acceptors (Lipinski definition) is 7. The molecule has 316 valence electrons. The predicted molar refractivity (Wildman–Crippen MR) is 225 cm³/mol. The van der Waals surface area contributed by atoms with Gasteiger partial charge in [-0.3, -0.25) is 14.1 Å². The van der Waals surface area contributed by atoms with Crippen molar-refractivity contribution < 1.29 is 42.7 Å². The SMILES string of the molecule is CCCCC/C=C\C/C=C\CCCCCCCCCCCC(=O)OC[C@H](COP(=O)(O)O)OC(=O)CCC/C=C\CC1OC1C/C=C\C/C=C\CCCCC. The fourth-order valence-corrected chi connectivity index (χ4v) is 6.39. The summed E-state index contributed by atoms with van der Waals surface area (Å²) in [5.74, 6) is -0.965. The Bertz CT molecular complexity index is 1140. The number of carbonyl (C=O) groups excluding carboxylic acids is 2. The molecule has 1 fully saturated rings. The molecule has 0 aliphatic carbocycles. The average molecular weight is 793 g/mol. The van der Waals surface area contributed by atoms with E-state index in [1.54, 1.807) is 0 Å². The predicted octanol–water partition coefficient (Wildman–Crippen LogP) is 12.3. The fourth-order valence-electron chi connectivity index (χ4n) is 6.02. The highest BCUT2D eigenvalue weighted by molar-refractivity contribution is 7.46. The maximum atomic E-state index is 12.4. The second-order valence-electron chi connectivity index (χ2n) is 14.7. The summed E-state index contributed by atoms with van der Waals surface area (Å²) in [5.41, 5.74) is 0. The first-order chi connectivity index (χ1) is 26.7. The first-order valence-corrected chi connectivity index (χ1v) is 23.2. The van der Waals surface area contributed by atoms with Crippen molar-refractivity contribution in [1.82, 2.24) is 0 Å². The van der Waals surface area contributed by atoms with Gasteiger partial charge in [-0.05, 0) is 83.5 Å². The third kappa shape index (κ3) is 35.8. The minimum absolute atomic E-state index is 0.125. The van der Waals surface area contributed by atoms with Crippen molar-refractivity contribution in [2.45, 2.75) is 199 Å². The smallest absolute Gasteiger partial charge is 0.462 e. The minimum atomic E-state index is -4.78. The van der Waals surface area contributed by atoms with Gasteiger partial charge in [0.25, 0.3) is 0 Å². The molecule has 1 heterocycles. The zero-order chi connectivity index (χ0) is 40.1. The van der Waals surface area contributed by atoms with E-state index in [2.05, 4.69) is 73.1 Å². The zero-order valence-corrected chi connectivity index (χ0v) is 35.4. The summed E-state index contributed by atoms with van der Waals surface area (Å²) in [6.07, 6.45) is 48.2. The molecule has 10 heteroatoms. The summed E-state index contributed by atoms with van der Waals surface area (Å²) in [6, 6.07) is 0. The van der Waals surface area contributed by atoms with Crippen molar-refractivity contribution in [3.05, 3.63) is 60.8 Å². The summed E-state index contributed by atoms with van der Waals surface area (Å²) in [7, 11) is -4.78. The highest BCUT2D eigenvalue weighted by Gasteiger charge is 2.36. The largest absolute Gasteiger partial charge is 0.469 e. The van der Waals surface area contributed by atoms with Gasteiger partial charge in [0.1, 0.15) is 6.61 Å². The van der Waals surface area contributed by atoms with Crippen LogP contribution in [0.3, 0.4) is 0 Å². The standard InChI is InChI=1S/C45H77O9P/c1-3-5-7-9-11-13-14-15-16-17-18-19-20-21-22-24-26-28-33-37-44(46)51-39-41(40-52-55(48,49)50)53-45(47)38-34-30-29-32-36-43-42(54-43)35-31-27-25-23-12-10-8-6-4-2/h11-13,15-16,23,27,29,31-32,41-43H,3-10,14,17-22,24-26,28,30,33-40H2,1-2H3,(H2,48,49,50)/b13-11-,16-15-,23-12-,31-27-,32-29-/t41-,42?,43?/m1/s1. The highest BCUT2D eigenvalue weighted by Crippen LogP contribution is 2.36. The quantitative estimate of drug-likeness (QED) is 0.0206. The molecular weight excluding hydrogens is 715 g/mol. The number of esters is 2. The number of carbonyl (C=O) groups is 2. The molecule has 0 aromatic heterocycles. The number of rotatable bonds is 38. The molecule has 0 radical (unpaired) electrons. The number of phosphoric ester groups is 1. The maximum absolute atomic E-state index is 12.4. The van der Waals surface area contributed by atoms with Gasteiger partial charge in [0, 0.05) is 12.8 Å². The Morgan fingerprint density at radius 2 is 1.00 bits per heavy atom. The van der Waals surface area contributed by atoms with Crippen molar-refractivity contribution >= 4 is 19.8 Å². The monoisotopic (exact) mass is 793 g/mol. The van der Waals surface area contributed by atoms with Crippen LogP contribution in [-0.4, -0.2) is 53.3 Å². The number of hydrogen-bond donors (Lipinski definition) is 2. The lowest BCUT2D eigenvalue weighted by atomic mass is 10.1. The summed E-state index contributed by atoms with van der Waals surface area (Å²) in [5, 5.41) is 0. The third-order valence-corrected chi connectivity index (χ3v) is 9.90. The lowest BCUT2D eigenvalue weighted by Gasteiger charge is -2.18. The highest BCUT2D eigenvalue weighted by atomic mass is 31.2. The minimum Gasteiger partial charge on any atom is -0.462 e. The van der Waals surface area contributed by atoms with E-state index in [-0.39, 0.29) is 31.7 Å². The molecule has 0 aromatic rings. The third-order valence-electron chi connectivity index (χ3n) is 9.41. The fraction of sp³-hybridized carbons (Fsp3) is 0.733. The molecule has 1 aliphatic heterocycles. The lowest BCUT2D eigenvalue weighted by Crippen LogP contribution is -2.29. The Balaban J connectivity index is 2.10. The van der Waals surface area contributed by atoms with Crippen LogP contribution >= 0.6 is 7.82 Å². The molecule has 2 unspecified atom stereocenters. The first kappa shape index (κ1) is 50.7. The summed E-state index contributed by atoms with van der Waals surface area (Å²) >= 11 is 0. The lowest BCUT2D eigenvalue weighted by molar-refractivity contribution is -0.161. The molecule has 3 atom stereocenters. The molecule has 1 saturated heterocycles. The summed E-state index contributed by atoms with van der Waals surface area (Å²) in [6.45, 7) is 3.57. The first-order valence-electron chi connectivity index (χ1n) is 21.7. The molecule has 1 rings (SSSR count). The van der Waals surface area contributed by atoms with Crippen molar-refractivity contribution in [3.8, 4) is 0 Å². The average Bonchev–Trinajstić information content (AvgIpc) is 3.91. The molecule has 2 N–H and O–H groups in total. The topological polar surface area (TPSA) is 132 Å². The van der Waals surface area contributed by atoms with Crippen molar-refractivity contribution in [1.29, 1.82) is 0 Å². The van der Waals surface area contributed by atoms with Crippen LogP contribution in [0.15, 0.2) is 60.8 Å². The molecule has 1 aliphatic rings. The Hall–Kier alpha value is -2.29. The summed E-state index contributed by atoms with van der Waals surface area (Å²) in [4.78, 5) is 42.9. The second-order valence-corrected chi connectivity index (χ2v) is 15.9. The Labute approximate surface area is 334 Å². The molecular formula is C45H77O9P. The van der Waals surface area contributed by atoms with Crippen molar-refractivity contribution in [2.24, 2.45) is 0 Å². The van der Waals surface area contributed by atoms with Gasteiger partial charge in [0.15, 0.2) is 6.10 Å². The Morgan fingerprint density at radius 1 is 0.564 bits per heavy atom. The van der Waals surface area contributed by atoms with Gasteiger partial charge >= 0.3 is 19.8 Å². The Kier molecular flexibility index (Phi) is 33.3. The van der Waals surface area contributed by atoms with Crippen LogP contribution in [0.1, 0.15) is 181 Å². The molecule has 9 nitrogen and oxygen atoms in total. The van der Waals surface area contributed by atoms with Crippen LogP contribution in [0, 0.1) is 0 Å². The van der Waals surface area contributed by atoms with Crippen LogP contribution in [0.2, 0.25) is 0 Å². The van der Waals surface area contributed by atoms with E-state index >= 15 is 0 Å². The van der Waals surface area contributed by atoms with E-state index < -0.39 is 32.5 Å².